The Labute approximate surface area is 111 Å². The summed E-state index contributed by atoms with van der Waals surface area (Å²) in [4.78, 5) is 10.6. The minimum absolute atomic E-state index is 0.470. The molecule has 5 heteroatoms. The highest BCUT2D eigenvalue weighted by atomic mass is 32.1. The Morgan fingerprint density at radius 1 is 1.39 bits per heavy atom. The van der Waals surface area contributed by atoms with Crippen LogP contribution in [0.15, 0.2) is 29.2 Å². The molecule has 0 amide bonds. The second kappa shape index (κ2) is 5.93. The molecule has 0 aliphatic rings. The Hall–Kier alpha value is -1.46. The predicted octanol–water partition coefficient (Wildman–Crippen LogP) is 2.62. The molecule has 1 atom stereocenters. The summed E-state index contributed by atoms with van der Waals surface area (Å²) in [5.74, 6) is 0. The van der Waals surface area contributed by atoms with Crippen molar-refractivity contribution in [2.24, 2.45) is 0 Å². The van der Waals surface area contributed by atoms with Crippen LogP contribution in [0.25, 0.3) is 0 Å². The number of pyridine rings is 1. The molecule has 0 spiro atoms. The van der Waals surface area contributed by atoms with Gasteiger partial charge < -0.3 is 10.0 Å². The molecule has 0 radical (unpaired) electrons. The van der Waals surface area contributed by atoms with E-state index < -0.39 is 6.10 Å². The molecule has 0 aliphatic heterocycles. The van der Waals surface area contributed by atoms with E-state index in [0.29, 0.717) is 6.42 Å². The Bertz CT molecular complexity index is 469. The molecule has 0 aliphatic carbocycles. The van der Waals surface area contributed by atoms with Gasteiger partial charge in [-0.15, -0.1) is 11.3 Å². The number of thiazole rings is 1. The Morgan fingerprint density at radius 3 is 2.78 bits per heavy atom. The van der Waals surface area contributed by atoms with Gasteiger partial charge in [-0.2, -0.15) is 0 Å². The van der Waals surface area contributed by atoms with Gasteiger partial charge in [0.15, 0.2) is 0 Å². The smallest absolute Gasteiger partial charge is 0.0957 e. The summed E-state index contributed by atoms with van der Waals surface area (Å²) in [5.41, 5.74) is 4.64. The Kier molecular flexibility index (Phi) is 4.28. The molecule has 0 fully saturated rings. The van der Waals surface area contributed by atoms with E-state index in [1.54, 1.807) is 17.5 Å². The predicted molar refractivity (Wildman–Crippen MR) is 73.7 cm³/mol. The lowest BCUT2D eigenvalue weighted by Gasteiger charge is -2.18. The number of aromatic nitrogens is 2. The molecule has 0 bridgehead atoms. The van der Waals surface area contributed by atoms with Gasteiger partial charge in [-0.05, 0) is 18.6 Å². The van der Waals surface area contributed by atoms with Gasteiger partial charge in [0.05, 0.1) is 41.4 Å². The van der Waals surface area contributed by atoms with Gasteiger partial charge in [-0.25, -0.2) is 4.98 Å². The summed E-state index contributed by atoms with van der Waals surface area (Å²) in [6, 6.07) is 3.86. The second-order valence-corrected chi connectivity index (χ2v) is 4.92. The zero-order chi connectivity index (χ0) is 13.0. The van der Waals surface area contributed by atoms with Crippen LogP contribution in [0, 0.1) is 0 Å². The zero-order valence-electron chi connectivity index (χ0n) is 10.6. The second-order valence-electron chi connectivity index (χ2n) is 4.20. The van der Waals surface area contributed by atoms with Crippen LogP contribution in [0.5, 0.6) is 0 Å². The van der Waals surface area contributed by atoms with Crippen LogP contribution in [0.4, 0.5) is 5.69 Å². The van der Waals surface area contributed by atoms with Crippen molar-refractivity contribution in [3.63, 3.8) is 0 Å². The van der Waals surface area contributed by atoms with Crippen molar-refractivity contribution < 1.29 is 5.11 Å². The van der Waals surface area contributed by atoms with E-state index in [0.717, 1.165) is 23.6 Å². The van der Waals surface area contributed by atoms with Crippen LogP contribution < -0.4 is 4.90 Å². The molecule has 96 valence electrons. The average molecular weight is 263 g/mol. The number of rotatable bonds is 5. The minimum atomic E-state index is -0.470. The third kappa shape index (κ3) is 3.05. The molecule has 0 aromatic carbocycles. The van der Waals surface area contributed by atoms with Crippen LogP contribution in [0.1, 0.15) is 30.8 Å². The molecule has 0 unspecified atom stereocenters. The first-order valence-corrected chi connectivity index (χ1v) is 6.87. The van der Waals surface area contributed by atoms with Crippen molar-refractivity contribution in [2.75, 3.05) is 11.9 Å². The monoisotopic (exact) mass is 263 g/mol. The van der Waals surface area contributed by atoms with E-state index in [-0.39, 0.29) is 0 Å². The fraction of sp³-hybridized carbons (Fsp3) is 0.385. The fourth-order valence-corrected chi connectivity index (χ4v) is 2.23. The van der Waals surface area contributed by atoms with E-state index in [2.05, 4.69) is 14.9 Å². The quantitative estimate of drug-likeness (QED) is 0.901. The van der Waals surface area contributed by atoms with Crippen LogP contribution in [-0.4, -0.2) is 22.1 Å². The largest absolute Gasteiger partial charge is 0.387 e. The lowest BCUT2D eigenvalue weighted by Crippen LogP contribution is -2.17. The summed E-state index contributed by atoms with van der Waals surface area (Å²) in [6.45, 7) is 2.70. The molecule has 0 saturated heterocycles. The maximum Gasteiger partial charge on any atom is 0.0957 e. The average Bonchev–Trinajstić information content (AvgIpc) is 2.91. The molecule has 2 aromatic heterocycles. The maximum atomic E-state index is 9.68. The van der Waals surface area contributed by atoms with E-state index in [4.69, 9.17) is 0 Å². The van der Waals surface area contributed by atoms with Crippen LogP contribution in [0.2, 0.25) is 0 Å². The first-order valence-electron chi connectivity index (χ1n) is 5.93. The molecular formula is C13H17N3OS. The number of anilines is 1. The third-order valence-corrected chi connectivity index (χ3v) is 3.46. The molecule has 4 nitrogen and oxygen atoms in total. The summed E-state index contributed by atoms with van der Waals surface area (Å²) >= 11 is 1.60. The van der Waals surface area contributed by atoms with Crippen molar-refractivity contribution in [1.82, 2.24) is 9.97 Å². The van der Waals surface area contributed by atoms with Crippen molar-refractivity contribution in [1.29, 1.82) is 0 Å². The van der Waals surface area contributed by atoms with Gasteiger partial charge in [-0.3, -0.25) is 4.98 Å². The molecule has 2 rings (SSSR count). The molecule has 2 heterocycles. The first-order chi connectivity index (χ1) is 8.70. The number of hydrogen-bond acceptors (Lipinski definition) is 5. The number of nitrogens with zero attached hydrogens (tertiary/aromatic N) is 3. The van der Waals surface area contributed by atoms with Gasteiger partial charge in [0, 0.05) is 12.4 Å². The number of hydrogen-bond donors (Lipinski definition) is 1. The minimum Gasteiger partial charge on any atom is -0.387 e. The molecule has 18 heavy (non-hydrogen) atoms. The van der Waals surface area contributed by atoms with E-state index in [9.17, 15) is 5.11 Å². The third-order valence-electron chi connectivity index (χ3n) is 2.82. The summed E-state index contributed by atoms with van der Waals surface area (Å²) < 4.78 is 0. The standard InChI is InChI=1S/C13H17N3OS/c1-3-13(17)12-5-4-11(6-14-12)16(2)7-10-8-18-9-15-10/h4-6,8-9,13,17H,3,7H2,1-2H3/t13-/m1/s1. The van der Waals surface area contributed by atoms with Crippen LogP contribution >= 0.6 is 11.3 Å². The molecular weight excluding hydrogens is 246 g/mol. The molecule has 0 saturated carbocycles. The molecule has 2 aromatic rings. The SMILES string of the molecule is CC[C@@H](O)c1ccc(N(C)Cc2cscn2)cn1. The van der Waals surface area contributed by atoms with Gasteiger partial charge >= 0.3 is 0 Å². The highest BCUT2D eigenvalue weighted by Crippen LogP contribution is 2.18. The van der Waals surface area contributed by atoms with E-state index >= 15 is 0 Å². The van der Waals surface area contributed by atoms with Crippen molar-refractivity contribution >= 4 is 17.0 Å². The fourth-order valence-electron chi connectivity index (χ4n) is 1.68. The van der Waals surface area contributed by atoms with Crippen molar-refractivity contribution in [3.05, 3.63) is 40.6 Å². The van der Waals surface area contributed by atoms with Gasteiger partial charge in [-0.1, -0.05) is 6.92 Å². The van der Waals surface area contributed by atoms with Crippen molar-refractivity contribution in [2.45, 2.75) is 26.0 Å². The van der Waals surface area contributed by atoms with E-state index in [1.807, 2.05) is 37.0 Å². The van der Waals surface area contributed by atoms with Crippen molar-refractivity contribution in [3.8, 4) is 0 Å². The highest BCUT2D eigenvalue weighted by molar-refractivity contribution is 7.07. The molecule has 1 N–H and O–H groups in total. The van der Waals surface area contributed by atoms with Crippen LogP contribution in [-0.2, 0) is 6.54 Å². The lowest BCUT2D eigenvalue weighted by molar-refractivity contribution is 0.169. The highest BCUT2D eigenvalue weighted by Gasteiger charge is 2.08. The summed E-state index contributed by atoms with van der Waals surface area (Å²) in [6.07, 6.45) is 2.00. The number of aliphatic hydroxyl groups excluding tert-OH is 1. The van der Waals surface area contributed by atoms with Gasteiger partial charge in [0.25, 0.3) is 0 Å². The first kappa shape index (κ1) is 13.0. The lowest BCUT2D eigenvalue weighted by atomic mass is 10.2. The maximum absolute atomic E-state index is 9.68. The summed E-state index contributed by atoms with van der Waals surface area (Å²) in [7, 11) is 2.01. The van der Waals surface area contributed by atoms with Gasteiger partial charge in [0.1, 0.15) is 0 Å². The van der Waals surface area contributed by atoms with Crippen LogP contribution in [0.3, 0.4) is 0 Å². The topological polar surface area (TPSA) is 49.2 Å². The number of aliphatic hydroxyl groups is 1. The Balaban J connectivity index is 2.04. The zero-order valence-corrected chi connectivity index (χ0v) is 11.4. The van der Waals surface area contributed by atoms with Gasteiger partial charge in [0.2, 0.25) is 0 Å². The van der Waals surface area contributed by atoms with E-state index in [1.165, 1.54) is 0 Å². The summed E-state index contributed by atoms with van der Waals surface area (Å²) in [5, 5.41) is 11.7. The normalized spacial score (nSPS) is 12.4. The Morgan fingerprint density at radius 2 is 2.22 bits per heavy atom.